The number of hydrogen-bond donors (Lipinski definition) is 0. The van der Waals surface area contributed by atoms with E-state index in [1.54, 1.807) is 0 Å². The Morgan fingerprint density at radius 3 is 0.879 bits per heavy atom. The molecule has 204 valence electrons. The second-order valence-corrected chi connectivity index (χ2v) is 10.1. The van der Waals surface area contributed by atoms with Crippen molar-refractivity contribution in [2.24, 2.45) is 0 Å². The first-order valence-electron chi connectivity index (χ1n) is 13.2. The predicted octanol–water partition coefficient (Wildman–Crippen LogP) is 7.35. The summed E-state index contributed by atoms with van der Waals surface area (Å²) in [7, 11) is -5.89. The maximum atomic E-state index is 10.1. The summed E-state index contributed by atoms with van der Waals surface area (Å²) in [6.07, 6.45) is 25.1. The molecule has 33 heavy (non-hydrogen) atoms. The number of hydrogen-bond acceptors (Lipinski definition) is 6. The Labute approximate surface area is 216 Å². The largest absolute Gasteiger partial charge is 2.00 e. The van der Waals surface area contributed by atoms with E-state index in [1.807, 2.05) is 0 Å². The quantitative estimate of drug-likeness (QED) is 0.0700. The average molecular weight is 557 g/mol. The molecule has 0 saturated heterocycles. The summed E-state index contributed by atoms with van der Waals surface area (Å²) in [6, 6.07) is 0. The van der Waals surface area contributed by atoms with Crippen LogP contribution in [0.1, 0.15) is 142 Å². The SMILES string of the molecule is CCCCCCCCCCCCO[PH](=O)[O-].CCCCCCCCCCCCO[PH](=O)[O-].[Ni+2]. The summed E-state index contributed by atoms with van der Waals surface area (Å²) < 4.78 is 29.2. The van der Waals surface area contributed by atoms with Crippen LogP contribution >= 0.6 is 16.5 Å². The topological polar surface area (TPSA) is 98.7 Å². The molecule has 9 heteroatoms. The first kappa shape index (κ1) is 38.3. The minimum Gasteiger partial charge on any atom is -0.781 e. The number of rotatable bonds is 24. The van der Waals surface area contributed by atoms with Crippen molar-refractivity contribution in [1.82, 2.24) is 0 Å². The molecule has 6 nitrogen and oxygen atoms in total. The molecule has 2 unspecified atom stereocenters. The van der Waals surface area contributed by atoms with E-state index in [2.05, 4.69) is 22.9 Å². The maximum absolute atomic E-state index is 10.1. The van der Waals surface area contributed by atoms with E-state index in [-0.39, 0.29) is 16.5 Å². The van der Waals surface area contributed by atoms with Crippen LogP contribution in [0.4, 0.5) is 0 Å². The van der Waals surface area contributed by atoms with E-state index in [1.165, 1.54) is 103 Å². The van der Waals surface area contributed by atoms with Gasteiger partial charge in [-0.15, -0.1) is 0 Å². The Hall–Kier alpha value is 0.794. The summed E-state index contributed by atoms with van der Waals surface area (Å²) in [5.74, 6) is 0. The Balaban J connectivity index is -0.000000529. The van der Waals surface area contributed by atoms with Gasteiger partial charge in [-0.1, -0.05) is 129 Å². The van der Waals surface area contributed by atoms with Crippen LogP contribution in [0.15, 0.2) is 0 Å². The third kappa shape index (κ3) is 43.3. The molecule has 0 N–H and O–H groups in total. The summed E-state index contributed by atoms with van der Waals surface area (Å²) in [5, 5.41) is 0. The summed E-state index contributed by atoms with van der Waals surface area (Å²) >= 11 is 0. The van der Waals surface area contributed by atoms with Crippen molar-refractivity contribution in [3.63, 3.8) is 0 Å². The Morgan fingerprint density at radius 1 is 0.455 bits per heavy atom. The van der Waals surface area contributed by atoms with Crippen molar-refractivity contribution < 1.29 is 44.5 Å². The van der Waals surface area contributed by atoms with Gasteiger partial charge in [-0.2, -0.15) is 0 Å². The van der Waals surface area contributed by atoms with Crippen molar-refractivity contribution in [2.75, 3.05) is 13.2 Å². The van der Waals surface area contributed by atoms with Crippen LogP contribution in [0, 0.1) is 0 Å². The molecule has 2 atom stereocenters. The van der Waals surface area contributed by atoms with E-state index >= 15 is 0 Å². The summed E-state index contributed by atoms with van der Waals surface area (Å²) in [6.45, 7) is 5.21. The van der Waals surface area contributed by atoms with Crippen molar-refractivity contribution in [3.8, 4) is 0 Å². The molecule has 0 bridgehead atoms. The van der Waals surface area contributed by atoms with Crippen LogP contribution in [0.2, 0.25) is 0 Å². The van der Waals surface area contributed by atoms with Gasteiger partial charge in [0.05, 0.1) is 13.2 Å². The molecule has 0 aromatic heterocycles. The fourth-order valence-electron chi connectivity index (χ4n) is 3.49. The van der Waals surface area contributed by atoms with Crippen molar-refractivity contribution >= 4 is 16.5 Å². The fourth-order valence-corrected chi connectivity index (χ4v) is 4.11. The van der Waals surface area contributed by atoms with Gasteiger partial charge in [0, 0.05) is 0 Å². The van der Waals surface area contributed by atoms with Gasteiger partial charge >= 0.3 is 16.5 Å². The van der Waals surface area contributed by atoms with Gasteiger partial charge in [0.25, 0.3) is 0 Å². The van der Waals surface area contributed by atoms with Crippen LogP contribution in [-0.4, -0.2) is 13.2 Å². The molecular formula is C24H52NiO6P2. The molecule has 0 aliphatic rings. The minimum atomic E-state index is -2.94. The van der Waals surface area contributed by atoms with Crippen LogP contribution in [0.3, 0.4) is 0 Å². The molecule has 0 fully saturated rings. The van der Waals surface area contributed by atoms with E-state index in [0.29, 0.717) is 13.2 Å². The van der Waals surface area contributed by atoms with E-state index in [4.69, 9.17) is 0 Å². The van der Waals surface area contributed by atoms with Gasteiger partial charge in [0.2, 0.25) is 0 Å². The molecular weight excluding hydrogens is 505 g/mol. The maximum Gasteiger partial charge on any atom is 2.00 e. The molecule has 0 rings (SSSR count). The zero-order valence-corrected chi connectivity index (χ0v) is 24.3. The van der Waals surface area contributed by atoms with Gasteiger partial charge in [-0.05, 0) is 12.8 Å². The van der Waals surface area contributed by atoms with Gasteiger partial charge < -0.3 is 28.0 Å². The predicted molar refractivity (Wildman–Crippen MR) is 134 cm³/mol. The third-order valence-electron chi connectivity index (χ3n) is 5.44. The minimum absolute atomic E-state index is 0. The fraction of sp³-hybridized carbons (Fsp3) is 1.00. The molecule has 0 aliphatic carbocycles. The molecule has 0 aromatic rings. The van der Waals surface area contributed by atoms with Gasteiger partial charge in [0.1, 0.15) is 16.5 Å². The molecule has 0 spiro atoms. The second-order valence-electron chi connectivity index (χ2n) is 8.56. The van der Waals surface area contributed by atoms with E-state index < -0.39 is 16.5 Å². The normalized spacial score (nSPS) is 12.5. The molecule has 0 saturated carbocycles. The van der Waals surface area contributed by atoms with Crippen LogP contribution in [0.25, 0.3) is 0 Å². The van der Waals surface area contributed by atoms with Crippen molar-refractivity contribution in [2.45, 2.75) is 142 Å². The molecule has 0 amide bonds. The molecule has 0 aromatic carbocycles. The first-order valence-corrected chi connectivity index (χ1v) is 15.7. The number of unbranched alkanes of at least 4 members (excludes halogenated alkanes) is 18. The summed E-state index contributed by atoms with van der Waals surface area (Å²) in [5.41, 5.74) is 0. The van der Waals surface area contributed by atoms with Gasteiger partial charge in [0.15, 0.2) is 0 Å². The molecule has 0 aliphatic heterocycles. The van der Waals surface area contributed by atoms with Crippen LogP contribution < -0.4 is 9.79 Å². The Kier molecular flexibility index (Phi) is 40.6. The monoisotopic (exact) mass is 556 g/mol. The van der Waals surface area contributed by atoms with Crippen molar-refractivity contribution in [1.29, 1.82) is 0 Å². The molecule has 0 heterocycles. The van der Waals surface area contributed by atoms with Gasteiger partial charge in [-0.25, -0.2) is 0 Å². The smallest absolute Gasteiger partial charge is 0.781 e. The Morgan fingerprint density at radius 2 is 0.667 bits per heavy atom. The van der Waals surface area contributed by atoms with Gasteiger partial charge in [-0.3, -0.25) is 0 Å². The zero-order chi connectivity index (χ0) is 24.1. The first-order chi connectivity index (χ1) is 15.5. The molecule has 0 radical (unpaired) electrons. The van der Waals surface area contributed by atoms with E-state index in [9.17, 15) is 18.9 Å². The van der Waals surface area contributed by atoms with Crippen LogP contribution in [-0.2, 0) is 34.7 Å². The second kappa shape index (κ2) is 35.0. The van der Waals surface area contributed by atoms with Crippen molar-refractivity contribution in [3.05, 3.63) is 0 Å². The summed E-state index contributed by atoms with van der Waals surface area (Å²) in [4.78, 5) is 20.2. The van der Waals surface area contributed by atoms with E-state index in [0.717, 1.165) is 25.7 Å². The third-order valence-corrected chi connectivity index (χ3v) is 6.32. The average Bonchev–Trinajstić information content (AvgIpc) is 2.76. The Bertz CT molecular complexity index is 367. The van der Waals surface area contributed by atoms with Crippen LogP contribution in [0.5, 0.6) is 0 Å². The zero-order valence-electron chi connectivity index (χ0n) is 21.3. The standard InChI is InChI=1S/2C12H27O3P.Ni/c2*1-2-3-4-5-6-7-8-9-10-11-12-15-16(13)14;/h2*16H,2-12H2,1H3,(H,13,14);/q;;+2/p-2.